The first-order chi connectivity index (χ1) is 10.1. The van der Waals surface area contributed by atoms with Crippen molar-refractivity contribution in [2.45, 2.75) is 5.16 Å². The highest BCUT2D eigenvalue weighted by Crippen LogP contribution is 2.34. The van der Waals surface area contributed by atoms with E-state index >= 15 is 0 Å². The second-order valence-electron chi connectivity index (χ2n) is 4.22. The van der Waals surface area contributed by atoms with Crippen LogP contribution in [0.3, 0.4) is 0 Å². The van der Waals surface area contributed by atoms with Crippen LogP contribution >= 0.6 is 22.9 Å². The summed E-state index contributed by atoms with van der Waals surface area (Å²) in [4.78, 5) is 13.7. The minimum absolute atomic E-state index is 0.318. The molecule has 3 aromatic rings. The van der Waals surface area contributed by atoms with Gasteiger partial charge in [0.1, 0.15) is 0 Å². The summed E-state index contributed by atoms with van der Waals surface area (Å²) in [6.07, 6.45) is 3.17. The lowest BCUT2D eigenvalue weighted by atomic mass is 10.1. The Bertz CT molecular complexity index is 819. The molecule has 1 aromatic carbocycles. The second kappa shape index (κ2) is 6.01. The Kier molecular flexibility index (Phi) is 4.10. The molecule has 0 amide bonds. The van der Waals surface area contributed by atoms with Gasteiger partial charge in [-0.2, -0.15) is 0 Å². The average Bonchev–Trinajstić information content (AvgIpc) is 2.97. The largest absolute Gasteiger partial charge is 0.251 e. The van der Waals surface area contributed by atoms with Crippen molar-refractivity contribution in [1.29, 1.82) is 0 Å². The first-order valence-electron chi connectivity index (χ1n) is 6.01. The molecular formula is C14H10ClN3OS2. The van der Waals surface area contributed by atoms with E-state index in [1.807, 2.05) is 24.3 Å². The van der Waals surface area contributed by atoms with Gasteiger partial charge in [0.25, 0.3) is 0 Å². The standard InChI is InChI=1S/C14H10ClN3OS2/c1-21(19)14-16-6-5-11(18-14)13-12(17-8-20-13)9-3-2-4-10(15)7-9/h2-8H,1H3. The number of nitrogens with zero attached hydrogens (tertiary/aromatic N) is 3. The van der Waals surface area contributed by atoms with Gasteiger partial charge >= 0.3 is 0 Å². The Morgan fingerprint density at radius 2 is 2.10 bits per heavy atom. The van der Waals surface area contributed by atoms with Crippen molar-refractivity contribution in [3.05, 3.63) is 47.1 Å². The molecule has 0 saturated carbocycles. The Labute approximate surface area is 133 Å². The number of benzene rings is 1. The predicted molar refractivity (Wildman–Crippen MR) is 85.9 cm³/mol. The van der Waals surface area contributed by atoms with Gasteiger partial charge in [0.2, 0.25) is 5.16 Å². The van der Waals surface area contributed by atoms with Crippen LogP contribution in [0.15, 0.2) is 47.2 Å². The van der Waals surface area contributed by atoms with E-state index in [1.165, 1.54) is 11.3 Å². The molecule has 0 aliphatic heterocycles. The van der Waals surface area contributed by atoms with E-state index in [1.54, 1.807) is 24.0 Å². The smallest absolute Gasteiger partial charge is 0.218 e. The molecule has 3 rings (SSSR count). The number of thiazole rings is 1. The van der Waals surface area contributed by atoms with E-state index in [2.05, 4.69) is 15.0 Å². The molecule has 0 aliphatic carbocycles. The zero-order valence-electron chi connectivity index (χ0n) is 11.0. The first-order valence-corrected chi connectivity index (χ1v) is 8.83. The molecule has 0 fully saturated rings. The molecule has 0 radical (unpaired) electrons. The summed E-state index contributed by atoms with van der Waals surface area (Å²) >= 11 is 7.52. The molecule has 0 N–H and O–H groups in total. The van der Waals surface area contributed by atoms with Crippen molar-refractivity contribution in [1.82, 2.24) is 15.0 Å². The summed E-state index contributed by atoms with van der Waals surface area (Å²) in [6, 6.07) is 9.30. The lowest BCUT2D eigenvalue weighted by Crippen LogP contribution is -1.97. The van der Waals surface area contributed by atoms with Gasteiger partial charge in [-0.1, -0.05) is 23.7 Å². The van der Waals surface area contributed by atoms with Gasteiger partial charge in [-0.05, 0) is 18.2 Å². The van der Waals surface area contributed by atoms with Gasteiger partial charge in [0.15, 0.2) is 0 Å². The Balaban J connectivity index is 2.11. The third kappa shape index (κ3) is 3.02. The van der Waals surface area contributed by atoms with Crippen molar-refractivity contribution in [3.8, 4) is 21.8 Å². The van der Waals surface area contributed by atoms with E-state index in [-0.39, 0.29) is 0 Å². The summed E-state index contributed by atoms with van der Waals surface area (Å²) in [7, 11) is -1.21. The summed E-state index contributed by atoms with van der Waals surface area (Å²) < 4.78 is 11.5. The van der Waals surface area contributed by atoms with Crippen molar-refractivity contribution < 1.29 is 4.21 Å². The fourth-order valence-corrected chi connectivity index (χ4v) is 3.28. The fraction of sp³-hybridized carbons (Fsp3) is 0.0714. The molecule has 4 nitrogen and oxygen atoms in total. The van der Waals surface area contributed by atoms with Crippen LogP contribution in [0.25, 0.3) is 21.8 Å². The van der Waals surface area contributed by atoms with E-state index in [9.17, 15) is 4.21 Å². The Hall–Kier alpha value is -1.63. The summed E-state index contributed by atoms with van der Waals surface area (Å²) in [5.41, 5.74) is 4.22. The van der Waals surface area contributed by atoms with Gasteiger partial charge < -0.3 is 0 Å². The van der Waals surface area contributed by atoms with Crippen molar-refractivity contribution >= 4 is 33.7 Å². The number of hydrogen-bond acceptors (Lipinski definition) is 5. The zero-order chi connectivity index (χ0) is 14.8. The zero-order valence-corrected chi connectivity index (χ0v) is 13.4. The van der Waals surface area contributed by atoms with Crippen molar-refractivity contribution in [2.24, 2.45) is 0 Å². The molecule has 0 bridgehead atoms. The lowest BCUT2D eigenvalue weighted by molar-refractivity contribution is 0.680. The van der Waals surface area contributed by atoms with Crippen LogP contribution in [-0.4, -0.2) is 25.4 Å². The summed E-state index contributed by atoms with van der Waals surface area (Å²) in [6.45, 7) is 0. The van der Waals surface area contributed by atoms with Gasteiger partial charge in [-0.15, -0.1) is 11.3 Å². The molecule has 0 spiro atoms. The Morgan fingerprint density at radius 1 is 1.24 bits per heavy atom. The maximum Gasteiger partial charge on any atom is 0.218 e. The minimum Gasteiger partial charge on any atom is -0.251 e. The first kappa shape index (κ1) is 14.3. The van der Waals surface area contributed by atoms with Crippen LogP contribution in [0.4, 0.5) is 0 Å². The molecule has 7 heteroatoms. The highest BCUT2D eigenvalue weighted by atomic mass is 35.5. The molecule has 106 valence electrons. The van der Waals surface area contributed by atoms with Gasteiger partial charge in [-0.25, -0.2) is 15.0 Å². The minimum atomic E-state index is -1.21. The molecule has 1 unspecified atom stereocenters. The summed E-state index contributed by atoms with van der Waals surface area (Å²) in [5, 5.41) is 0.974. The van der Waals surface area contributed by atoms with E-state index in [4.69, 9.17) is 11.6 Å². The molecular weight excluding hydrogens is 326 g/mol. The second-order valence-corrected chi connectivity index (χ2v) is 6.78. The van der Waals surface area contributed by atoms with Gasteiger partial charge in [-0.3, -0.25) is 4.21 Å². The van der Waals surface area contributed by atoms with Crippen LogP contribution in [-0.2, 0) is 10.8 Å². The van der Waals surface area contributed by atoms with E-state index in [0.717, 1.165) is 16.1 Å². The molecule has 2 aromatic heterocycles. The number of rotatable bonds is 3. The van der Waals surface area contributed by atoms with Gasteiger partial charge in [0, 0.05) is 23.0 Å². The van der Waals surface area contributed by atoms with Crippen LogP contribution in [0.1, 0.15) is 0 Å². The third-order valence-electron chi connectivity index (χ3n) is 2.79. The lowest BCUT2D eigenvalue weighted by Gasteiger charge is -2.04. The monoisotopic (exact) mass is 335 g/mol. The number of hydrogen-bond donors (Lipinski definition) is 0. The summed E-state index contributed by atoms with van der Waals surface area (Å²) in [5.74, 6) is 0. The third-order valence-corrected chi connectivity index (χ3v) is 4.58. The topological polar surface area (TPSA) is 55.7 Å². The van der Waals surface area contributed by atoms with Gasteiger partial charge in [0.05, 0.1) is 32.6 Å². The number of halogens is 1. The highest BCUT2D eigenvalue weighted by molar-refractivity contribution is 7.84. The van der Waals surface area contributed by atoms with Crippen molar-refractivity contribution in [2.75, 3.05) is 6.26 Å². The molecule has 1 atom stereocenters. The van der Waals surface area contributed by atoms with E-state index < -0.39 is 10.8 Å². The highest BCUT2D eigenvalue weighted by Gasteiger charge is 2.14. The fourth-order valence-electron chi connectivity index (χ4n) is 1.88. The quantitative estimate of drug-likeness (QED) is 0.685. The number of aromatic nitrogens is 3. The molecule has 21 heavy (non-hydrogen) atoms. The average molecular weight is 336 g/mol. The van der Waals surface area contributed by atoms with Crippen LogP contribution in [0.2, 0.25) is 5.02 Å². The van der Waals surface area contributed by atoms with Crippen LogP contribution in [0, 0.1) is 0 Å². The predicted octanol–water partition coefficient (Wildman–Crippen LogP) is 3.66. The normalized spacial score (nSPS) is 12.3. The van der Waals surface area contributed by atoms with Crippen molar-refractivity contribution in [3.63, 3.8) is 0 Å². The maximum absolute atomic E-state index is 11.5. The van der Waals surface area contributed by atoms with E-state index in [0.29, 0.717) is 15.9 Å². The molecule has 2 heterocycles. The van der Waals surface area contributed by atoms with Crippen LogP contribution < -0.4 is 0 Å². The molecule has 0 saturated heterocycles. The Morgan fingerprint density at radius 3 is 2.86 bits per heavy atom. The SMILES string of the molecule is CS(=O)c1nccc(-c2scnc2-c2cccc(Cl)c2)n1. The maximum atomic E-state index is 11.5. The molecule has 0 aliphatic rings. The van der Waals surface area contributed by atoms with Crippen LogP contribution in [0.5, 0.6) is 0 Å².